The topological polar surface area (TPSA) is 38.5 Å². The summed E-state index contributed by atoms with van der Waals surface area (Å²) in [5.74, 6) is 0. The molecule has 3 nitrogen and oxygen atoms in total. The molecule has 94 valence electrons. The fourth-order valence-electron chi connectivity index (χ4n) is 2.11. The van der Waals surface area contributed by atoms with Gasteiger partial charge in [-0.2, -0.15) is 0 Å². The summed E-state index contributed by atoms with van der Waals surface area (Å²) in [7, 11) is 1.74. The van der Waals surface area contributed by atoms with Gasteiger partial charge in [-0.3, -0.25) is 4.90 Å². The summed E-state index contributed by atoms with van der Waals surface area (Å²) >= 11 is 0. The number of ether oxygens (including phenoxy) is 1. The standard InChI is InChI=1S/C14H22N2O/c1-17-14(9-15)11-16(13-7-8-13)10-12-5-3-2-4-6-12/h2-6,13-14H,7-11,15H2,1H3. The van der Waals surface area contributed by atoms with E-state index in [1.807, 2.05) is 0 Å². The summed E-state index contributed by atoms with van der Waals surface area (Å²) in [6.45, 7) is 2.53. The Morgan fingerprint density at radius 1 is 1.35 bits per heavy atom. The lowest BCUT2D eigenvalue weighted by Gasteiger charge is -2.26. The minimum atomic E-state index is 0.152. The number of nitrogens with zero attached hydrogens (tertiary/aromatic N) is 1. The average Bonchev–Trinajstić information content (AvgIpc) is 3.20. The van der Waals surface area contributed by atoms with Crippen LogP contribution >= 0.6 is 0 Å². The van der Waals surface area contributed by atoms with Crippen LogP contribution < -0.4 is 5.73 Å². The van der Waals surface area contributed by atoms with E-state index in [2.05, 4.69) is 35.2 Å². The van der Waals surface area contributed by atoms with Crippen LogP contribution in [0.2, 0.25) is 0 Å². The molecule has 2 rings (SSSR count). The molecule has 0 aromatic heterocycles. The van der Waals surface area contributed by atoms with Crippen LogP contribution in [-0.4, -0.2) is 37.2 Å². The van der Waals surface area contributed by atoms with Crippen molar-refractivity contribution in [2.45, 2.75) is 31.5 Å². The Hall–Kier alpha value is -0.900. The van der Waals surface area contributed by atoms with E-state index in [1.165, 1.54) is 18.4 Å². The monoisotopic (exact) mass is 234 g/mol. The van der Waals surface area contributed by atoms with Crippen LogP contribution in [0.4, 0.5) is 0 Å². The van der Waals surface area contributed by atoms with Crippen LogP contribution in [0.1, 0.15) is 18.4 Å². The summed E-state index contributed by atoms with van der Waals surface area (Å²) in [4.78, 5) is 2.50. The lowest BCUT2D eigenvalue weighted by molar-refractivity contribution is 0.0642. The SMILES string of the molecule is COC(CN)CN(Cc1ccccc1)C1CC1. The Kier molecular flexibility index (Phi) is 4.54. The Bertz CT molecular complexity index is 320. The summed E-state index contributed by atoms with van der Waals surface area (Å²) < 4.78 is 5.38. The molecule has 1 aromatic rings. The highest BCUT2D eigenvalue weighted by Crippen LogP contribution is 2.28. The average molecular weight is 234 g/mol. The molecule has 3 heteroatoms. The number of benzene rings is 1. The van der Waals surface area contributed by atoms with Gasteiger partial charge in [0.1, 0.15) is 0 Å². The molecule has 1 atom stereocenters. The smallest absolute Gasteiger partial charge is 0.0820 e. The van der Waals surface area contributed by atoms with Crippen LogP contribution in [-0.2, 0) is 11.3 Å². The van der Waals surface area contributed by atoms with E-state index in [0.717, 1.165) is 19.1 Å². The van der Waals surface area contributed by atoms with Crippen molar-refractivity contribution in [1.29, 1.82) is 0 Å². The summed E-state index contributed by atoms with van der Waals surface area (Å²) in [5, 5.41) is 0. The third-order valence-corrected chi connectivity index (χ3v) is 3.33. The van der Waals surface area contributed by atoms with E-state index < -0.39 is 0 Å². The molecule has 0 heterocycles. The Morgan fingerprint density at radius 3 is 2.59 bits per heavy atom. The molecule has 1 aliphatic rings. The first-order valence-corrected chi connectivity index (χ1v) is 6.34. The molecule has 0 spiro atoms. The number of nitrogens with two attached hydrogens (primary N) is 1. The number of hydrogen-bond donors (Lipinski definition) is 1. The molecule has 0 aliphatic heterocycles. The van der Waals surface area contributed by atoms with Crippen LogP contribution in [0, 0.1) is 0 Å². The van der Waals surface area contributed by atoms with Gasteiger partial charge in [-0.15, -0.1) is 0 Å². The predicted octanol–water partition coefficient (Wildman–Crippen LogP) is 1.62. The zero-order valence-corrected chi connectivity index (χ0v) is 10.5. The van der Waals surface area contributed by atoms with Gasteiger partial charge in [0.2, 0.25) is 0 Å². The van der Waals surface area contributed by atoms with E-state index in [1.54, 1.807) is 7.11 Å². The van der Waals surface area contributed by atoms with Gasteiger partial charge in [0.15, 0.2) is 0 Å². The minimum absolute atomic E-state index is 0.152. The fourth-order valence-corrected chi connectivity index (χ4v) is 2.11. The largest absolute Gasteiger partial charge is 0.379 e. The van der Waals surface area contributed by atoms with Gasteiger partial charge in [-0.1, -0.05) is 30.3 Å². The normalized spacial score (nSPS) is 17.4. The van der Waals surface area contributed by atoms with Crippen molar-refractivity contribution in [3.63, 3.8) is 0 Å². The lowest BCUT2D eigenvalue weighted by atomic mass is 10.2. The molecule has 0 amide bonds. The molecule has 1 saturated carbocycles. The second-order valence-corrected chi connectivity index (χ2v) is 4.74. The molecule has 1 unspecified atom stereocenters. The molecular formula is C14H22N2O. The van der Waals surface area contributed by atoms with Crippen molar-refractivity contribution in [2.75, 3.05) is 20.2 Å². The van der Waals surface area contributed by atoms with Crippen LogP contribution in [0.15, 0.2) is 30.3 Å². The van der Waals surface area contributed by atoms with Gasteiger partial charge in [0, 0.05) is 32.8 Å². The number of hydrogen-bond acceptors (Lipinski definition) is 3. The van der Waals surface area contributed by atoms with E-state index in [9.17, 15) is 0 Å². The van der Waals surface area contributed by atoms with Crippen molar-refractivity contribution < 1.29 is 4.74 Å². The molecule has 0 radical (unpaired) electrons. The summed E-state index contributed by atoms with van der Waals surface area (Å²) in [6, 6.07) is 11.3. The maximum Gasteiger partial charge on any atom is 0.0820 e. The number of methoxy groups -OCH3 is 1. The first kappa shape index (κ1) is 12.6. The van der Waals surface area contributed by atoms with Gasteiger partial charge in [-0.05, 0) is 18.4 Å². The molecule has 1 fully saturated rings. The molecule has 17 heavy (non-hydrogen) atoms. The highest BCUT2D eigenvalue weighted by atomic mass is 16.5. The molecule has 1 aliphatic carbocycles. The van der Waals surface area contributed by atoms with Crippen molar-refractivity contribution >= 4 is 0 Å². The van der Waals surface area contributed by atoms with Crippen molar-refractivity contribution in [3.05, 3.63) is 35.9 Å². The quantitative estimate of drug-likeness (QED) is 0.779. The maximum absolute atomic E-state index is 5.69. The highest BCUT2D eigenvalue weighted by Gasteiger charge is 2.30. The molecule has 0 saturated heterocycles. The van der Waals surface area contributed by atoms with Crippen LogP contribution in [0.3, 0.4) is 0 Å². The van der Waals surface area contributed by atoms with Crippen molar-refractivity contribution in [3.8, 4) is 0 Å². The van der Waals surface area contributed by atoms with Crippen LogP contribution in [0.25, 0.3) is 0 Å². The van der Waals surface area contributed by atoms with Gasteiger partial charge < -0.3 is 10.5 Å². The van der Waals surface area contributed by atoms with Crippen molar-refractivity contribution in [2.24, 2.45) is 5.73 Å². The van der Waals surface area contributed by atoms with E-state index in [0.29, 0.717) is 6.54 Å². The predicted molar refractivity (Wildman–Crippen MR) is 69.7 cm³/mol. The molecular weight excluding hydrogens is 212 g/mol. The zero-order chi connectivity index (χ0) is 12.1. The lowest BCUT2D eigenvalue weighted by Crippen LogP contribution is -2.38. The first-order valence-electron chi connectivity index (χ1n) is 6.34. The van der Waals surface area contributed by atoms with E-state index >= 15 is 0 Å². The van der Waals surface area contributed by atoms with Gasteiger partial charge in [0.25, 0.3) is 0 Å². The molecule has 1 aromatic carbocycles. The number of rotatable bonds is 7. The third kappa shape index (κ3) is 3.80. The first-order chi connectivity index (χ1) is 8.33. The van der Waals surface area contributed by atoms with Crippen LogP contribution in [0.5, 0.6) is 0 Å². The third-order valence-electron chi connectivity index (χ3n) is 3.33. The Morgan fingerprint density at radius 2 is 2.06 bits per heavy atom. The Labute approximate surface area is 104 Å². The van der Waals surface area contributed by atoms with Gasteiger partial charge >= 0.3 is 0 Å². The molecule has 2 N–H and O–H groups in total. The fraction of sp³-hybridized carbons (Fsp3) is 0.571. The summed E-state index contributed by atoms with van der Waals surface area (Å²) in [5.41, 5.74) is 7.06. The van der Waals surface area contributed by atoms with Gasteiger partial charge in [0.05, 0.1) is 6.10 Å². The zero-order valence-electron chi connectivity index (χ0n) is 10.5. The Balaban J connectivity index is 1.93. The molecule has 0 bridgehead atoms. The second-order valence-electron chi connectivity index (χ2n) is 4.74. The van der Waals surface area contributed by atoms with E-state index in [4.69, 9.17) is 10.5 Å². The van der Waals surface area contributed by atoms with E-state index in [-0.39, 0.29) is 6.10 Å². The highest BCUT2D eigenvalue weighted by molar-refractivity contribution is 5.15. The summed E-state index contributed by atoms with van der Waals surface area (Å²) in [6.07, 6.45) is 2.78. The second kappa shape index (κ2) is 6.15. The van der Waals surface area contributed by atoms with Crippen molar-refractivity contribution in [1.82, 2.24) is 4.90 Å². The van der Waals surface area contributed by atoms with Gasteiger partial charge in [-0.25, -0.2) is 0 Å². The minimum Gasteiger partial charge on any atom is -0.379 e. The maximum atomic E-state index is 5.69.